The molecule has 24 heavy (non-hydrogen) atoms. The molecule has 2 aromatic heterocycles. The van der Waals surface area contributed by atoms with Crippen LogP contribution in [0.1, 0.15) is 39.3 Å². The third-order valence-electron chi connectivity index (χ3n) is 4.31. The fraction of sp³-hybridized carbons (Fsp3) is 0.278. The van der Waals surface area contributed by atoms with Gasteiger partial charge in [0.2, 0.25) is 0 Å². The van der Waals surface area contributed by atoms with E-state index >= 15 is 0 Å². The lowest BCUT2D eigenvalue weighted by molar-refractivity contribution is 0.0467. The van der Waals surface area contributed by atoms with Crippen molar-refractivity contribution in [3.8, 4) is 0 Å². The summed E-state index contributed by atoms with van der Waals surface area (Å²) >= 11 is 1.40. The Hall–Kier alpha value is -2.47. The van der Waals surface area contributed by atoms with Crippen LogP contribution in [0.4, 0.5) is 0 Å². The molecular weight excluding hydrogens is 324 g/mol. The number of nitrogens with zero attached hydrogens (tertiary/aromatic N) is 2. The molecule has 0 unspecified atom stereocenters. The van der Waals surface area contributed by atoms with Gasteiger partial charge in [0.05, 0.1) is 11.3 Å². The van der Waals surface area contributed by atoms with E-state index in [0.717, 1.165) is 25.0 Å². The van der Waals surface area contributed by atoms with Crippen LogP contribution in [-0.2, 0) is 24.2 Å². The van der Waals surface area contributed by atoms with E-state index in [1.54, 1.807) is 10.5 Å². The number of rotatable bonds is 3. The number of hydrogen-bond acceptors (Lipinski definition) is 5. The summed E-state index contributed by atoms with van der Waals surface area (Å²) < 4.78 is 6.89. The summed E-state index contributed by atoms with van der Waals surface area (Å²) in [4.78, 5) is 29.4. The lowest BCUT2D eigenvalue weighted by atomic mass is 10.1. The minimum atomic E-state index is -0.381. The van der Waals surface area contributed by atoms with Crippen LogP contribution in [0.15, 0.2) is 34.4 Å². The topological polar surface area (TPSA) is 60.7 Å². The molecule has 122 valence electrons. The molecule has 6 heteroatoms. The molecule has 3 aromatic rings. The minimum absolute atomic E-state index is 0.00138. The lowest BCUT2D eigenvalue weighted by Gasteiger charge is -2.06. The number of carbonyl (C=O) groups is 1. The number of hydrogen-bond donors (Lipinski definition) is 0. The van der Waals surface area contributed by atoms with Gasteiger partial charge in [-0.25, -0.2) is 9.78 Å². The lowest BCUT2D eigenvalue weighted by Crippen LogP contribution is -2.16. The molecule has 0 fully saturated rings. The van der Waals surface area contributed by atoms with Crippen molar-refractivity contribution in [3.05, 3.63) is 68.1 Å². The van der Waals surface area contributed by atoms with Gasteiger partial charge in [0, 0.05) is 17.1 Å². The Morgan fingerprint density at radius 1 is 1.29 bits per heavy atom. The second-order valence-corrected chi connectivity index (χ2v) is 6.83. The molecule has 0 saturated heterocycles. The van der Waals surface area contributed by atoms with Gasteiger partial charge in [-0.15, -0.1) is 11.3 Å². The van der Waals surface area contributed by atoms with Gasteiger partial charge in [-0.3, -0.25) is 9.20 Å². The van der Waals surface area contributed by atoms with E-state index < -0.39 is 0 Å². The molecule has 2 heterocycles. The van der Waals surface area contributed by atoms with Gasteiger partial charge < -0.3 is 4.74 Å². The molecule has 4 rings (SSSR count). The van der Waals surface area contributed by atoms with Crippen LogP contribution in [0.25, 0.3) is 4.96 Å². The molecule has 1 aliphatic rings. The Balaban J connectivity index is 1.52. The summed E-state index contributed by atoms with van der Waals surface area (Å²) in [5.41, 5.74) is 4.28. The standard InChI is InChI=1S/C18H16N2O3S/c1-11-10-24-18-19-15(8-16(21)20(11)18)9-23-17(22)14-6-5-12-3-2-4-13(12)7-14/h5-8,10H,2-4,9H2,1H3. The first-order chi connectivity index (χ1) is 11.6. The highest BCUT2D eigenvalue weighted by Gasteiger charge is 2.15. The monoisotopic (exact) mass is 340 g/mol. The van der Waals surface area contributed by atoms with Crippen molar-refractivity contribution >= 4 is 22.3 Å². The van der Waals surface area contributed by atoms with Crippen molar-refractivity contribution in [3.63, 3.8) is 0 Å². The summed E-state index contributed by atoms with van der Waals surface area (Å²) in [6, 6.07) is 7.15. The molecule has 0 amide bonds. The molecule has 0 atom stereocenters. The van der Waals surface area contributed by atoms with Gasteiger partial charge in [-0.2, -0.15) is 0 Å². The van der Waals surface area contributed by atoms with Crippen molar-refractivity contribution < 1.29 is 9.53 Å². The van der Waals surface area contributed by atoms with Crippen molar-refractivity contribution in [2.45, 2.75) is 32.8 Å². The Bertz CT molecular complexity index is 1000. The first-order valence-electron chi connectivity index (χ1n) is 7.87. The van der Waals surface area contributed by atoms with E-state index in [1.165, 1.54) is 28.5 Å². The minimum Gasteiger partial charge on any atom is -0.456 e. The van der Waals surface area contributed by atoms with Crippen LogP contribution in [-0.4, -0.2) is 15.4 Å². The summed E-state index contributed by atoms with van der Waals surface area (Å²) in [5.74, 6) is -0.381. The smallest absolute Gasteiger partial charge is 0.338 e. The largest absolute Gasteiger partial charge is 0.456 e. The number of ether oxygens (including phenoxy) is 1. The third-order valence-corrected chi connectivity index (χ3v) is 5.26. The number of thiazole rings is 1. The number of esters is 1. The average molecular weight is 340 g/mol. The second kappa shape index (κ2) is 5.87. The fourth-order valence-electron chi connectivity index (χ4n) is 3.10. The summed E-state index contributed by atoms with van der Waals surface area (Å²) in [6.07, 6.45) is 3.24. The summed E-state index contributed by atoms with van der Waals surface area (Å²) in [6.45, 7) is 1.86. The Morgan fingerprint density at radius 2 is 2.12 bits per heavy atom. The molecular formula is C18H16N2O3S. The molecule has 0 aliphatic heterocycles. The van der Waals surface area contributed by atoms with Crippen LogP contribution < -0.4 is 5.56 Å². The highest BCUT2D eigenvalue weighted by atomic mass is 32.1. The Kier molecular flexibility index (Phi) is 3.69. The normalized spacial score (nSPS) is 13.2. The first kappa shape index (κ1) is 15.1. The molecule has 0 spiro atoms. The maximum Gasteiger partial charge on any atom is 0.338 e. The zero-order valence-corrected chi connectivity index (χ0v) is 14.1. The number of carbonyl (C=O) groups excluding carboxylic acids is 1. The number of aromatic nitrogens is 2. The van der Waals surface area contributed by atoms with E-state index in [2.05, 4.69) is 4.98 Å². The van der Waals surface area contributed by atoms with Crippen LogP contribution in [0.2, 0.25) is 0 Å². The van der Waals surface area contributed by atoms with Crippen molar-refractivity contribution in [1.82, 2.24) is 9.38 Å². The van der Waals surface area contributed by atoms with Crippen LogP contribution in [0.3, 0.4) is 0 Å². The Morgan fingerprint density at radius 3 is 3.00 bits per heavy atom. The van der Waals surface area contributed by atoms with Crippen molar-refractivity contribution in [1.29, 1.82) is 0 Å². The zero-order valence-electron chi connectivity index (χ0n) is 13.2. The van der Waals surface area contributed by atoms with Gasteiger partial charge in [0.25, 0.3) is 5.56 Å². The van der Waals surface area contributed by atoms with Crippen LogP contribution >= 0.6 is 11.3 Å². The number of benzene rings is 1. The summed E-state index contributed by atoms with van der Waals surface area (Å²) in [5, 5.41) is 1.88. The van der Waals surface area contributed by atoms with Gasteiger partial charge in [0.15, 0.2) is 4.96 Å². The van der Waals surface area contributed by atoms with E-state index in [0.29, 0.717) is 16.2 Å². The maximum atomic E-state index is 12.2. The quantitative estimate of drug-likeness (QED) is 0.688. The Labute approximate surface area is 142 Å². The summed E-state index contributed by atoms with van der Waals surface area (Å²) in [7, 11) is 0. The molecule has 0 saturated carbocycles. The van der Waals surface area contributed by atoms with Crippen LogP contribution in [0.5, 0.6) is 0 Å². The third kappa shape index (κ3) is 2.63. The molecule has 0 radical (unpaired) electrons. The average Bonchev–Trinajstić information content (AvgIpc) is 3.18. The molecule has 0 N–H and O–H groups in total. The van der Waals surface area contributed by atoms with E-state index in [-0.39, 0.29) is 18.1 Å². The van der Waals surface area contributed by atoms with Gasteiger partial charge in [0.1, 0.15) is 6.61 Å². The fourth-order valence-corrected chi connectivity index (χ4v) is 3.99. The highest BCUT2D eigenvalue weighted by Crippen LogP contribution is 2.23. The predicted octanol–water partition coefficient (Wildman–Crippen LogP) is 2.91. The van der Waals surface area contributed by atoms with E-state index in [9.17, 15) is 9.59 Å². The molecule has 1 aromatic carbocycles. The predicted molar refractivity (Wildman–Crippen MR) is 91.7 cm³/mol. The first-order valence-corrected chi connectivity index (χ1v) is 8.75. The molecule has 1 aliphatic carbocycles. The van der Waals surface area contributed by atoms with E-state index in [4.69, 9.17) is 4.74 Å². The van der Waals surface area contributed by atoms with Crippen molar-refractivity contribution in [2.75, 3.05) is 0 Å². The number of aryl methyl sites for hydroxylation is 3. The maximum absolute atomic E-state index is 12.2. The molecule has 0 bridgehead atoms. The van der Waals surface area contributed by atoms with Gasteiger partial charge in [-0.05, 0) is 49.4 Å². The SMILES string of the molecule is Cc1csc2nc(COC(=O)c3ccc4c(c3)CCC4)cc(=O)n12. The van der Waals surface area contributed by atoms with Crippen molar-refractivity contribution in [2.24, 2.45) is 0 Å². The number of fused-ring (bicyclic) bond motifs is 2. The second-order valence-electron chi connectivity index (χ2n) is 5.99. The zero-order chi connectivity index (χ0) is 16.7. The van der Waals surface area contributed by atoms with Crippen LogP contribution in [0, 0.1) is 6.92 Å². The molecule has 5 nitrogen and oxygen atoms in total. The van der Waals surface area contributed by atoms with Gasteiger partial charge >= 0.3 is 5.97 Å². The highest BCUT2D eigenvalue weighted by molar-refractivity contribution is 7.15. The van der Waals surface area contributed by atoms with E-state index in [1.807, 2.05) is 24.4 Å². The van der Waals surface area contributed by atoms with Gasteiger partial charge in [-0.1, -0.05) is 6.07 Å².